The monoisotopic (exact) mass is 358 g/mol. The SMILES string of the molecule is Cc1nc(N2CCN(C[C@H]3CCCO3)CC2)c2c3c(sc2n1)CCC3. The molecule has 134 valence electrons. The first kappa shape index (κ1) is 16.0. The van der Waals surface area contributed by atoms with Gasteiger partial charge in [-0.3, -0.25) is 4.90 Å². The number of nitrogens with zero attached hydrogens (tertiary/aromatic N) is 4. The number of fused-ring (bicyclic) bond motifs is 3. The zero-order chi connectivity index (χ0) is 16.8. The molecule has 5 nitrogen and oxygen atoms in total. The summed E-state index contributed by atoms with van der Waals surface area (Å²) >= 11 is 1.90. The van der Waals surface area contributed by atoms with Gasteiger partial charge in [0.2, 0.25) is 0 Å². The smallest absolute Gasteiger partial charge is 0.141 e. The first-order valence-electron chi connectivity index (χ1n) is 9.66. The normalized spacial score (nSPS) is 24.4. The molecule has 0 spiro atoms. The molecule has 5 rings (SSSR count). The fraction of sp³-hybridized carbons (Fsp3) is 0.684. The Labute approximate surface area is 153 Å². The number of hydrogen-bond acceptors (Lipinski definition) is 6. The standard InChI is InChI=1S/C19H26N4OS/c1-13-20-18(17-15-5-2-6-16(15)25-19(17)21-13)23-9-7-22(8-10-23)12-14-4-3-11-24-14/h14H,2-12H2,1H3/t14-/m1/s1. The van der Waals surface area contributed by atoms with E-state index in [1.54, 1.807) is 4.88 Å². The van der Waals surface area contributed by atoms with E-state index in [-0.39, 0.29) is 0 Å². The van der Waals surface area contributed by atoms with Gasteiger partial charge in [-0.25, -0.2) is 9.97 Å². The first-order valence-corrected chi connectivity index (χ1v) is 10.5. The minimum Gasteiger partial charge on any atom is -0.377 e. The van der Waals surface area contributed by atoms with E-state index < -0.39 is 0 Å². The van der Waals surface area contributed by atoms with Crippen LogP contribution in [-0.4, -0.2) is 60.3 Å². The number of thiophene rings is 1. The highest BCUT2D eigenvalue weighted by atomic mass is 32.1. The highest BCUT2D eigenvalue weighted by Crippen LogP contribution is 2.40. The summed E-state index contributed by atoms with van der Waals surface area (Å²) in [5, 5.41) is 1.36. The molecule has 0 amide bonds. The Morgan fingerprint density at radius 1 is 1.12 bits per heavy atom. The molecule has 3 aliphatic rings. The van der Waals surface area contributed by atoms with Gasteiger partial charge in [0.05, 0.1) is 11.5 Å². The molecule has 0 aromatic carbocycles. The van der Waals surface area contributed by atoms with Crippen LogP contribution in [0.3, 0.4) is 0 Å². The van der Waals surface area contributed by atoms with Crippen molar-refractivity contribution in [2.75, 3.05) is 44.2 Å². The van der Waals surface area contributed by atoms with Crippen molar-refractivity contribution in [3.05, 3.63) is 16.3 Å². The number of piperazine rings is 1. The molecular weight excluding hydrogens is 332 g/mol. The van der Waals surface area contributed by atoms with Crippen LogP contribution >= 0.6 is 11.3 Å². The van der Waals surface area contributed by atoms with Gasteiger partial charge in [-0.05, 0) is 44.6 Å². The average Bonchev–Trinajstić information content (AvgIpc) is 3.32. The average molecular weight is 359 g/mol. The molecule has 0 saturated carbocycles. The summed E-state index contributed by atoms with van der Waals surface area (Å²) in [6, 6.07) is 0. The summed E-state index contributed by atoms with van der Waals surface area (Å²) in [4.78, 5) is 17.4. The Kier molecular flexibility index (Phi) is 4.14. The molecule has 0 bridgehead atoms. The Bertz CT molecular complexity index is 775. The molecule has 2 aromatic rings. The predicted molar refractivity (Wildman–Crippen MR) is 102 cm³/mol. The third kappa shape index (κ3) is 2.94. The molecule has 2 aliphatic heterocycles. The van der Waals surface area contributed by atoms with Crippen molar-refractivity contribution in [3.63, 3.8) is 0 Å². The van der Waals surface area contributed by atoms with Gasteiger partial charge in [-0.1, -0.05) is 0 Å². The minimum absolute atomic E-state index is 0.458. The van der Waals surface area contributed by atoms with Crippen LogP contribution in [0.2, 0.25) is 0 Å². The fourth-order valence-corrected chi connectivity index (χ4v) is 5.83. The molecule has 0 unspecified atom stereocenters. The molecule has 2 saturated heterocycles. The third-order valence-corrected chi connectivity index (χ3v) is 7.00. The molecule has 2 fully saturated rings. The molecule has 1 aliphatic carbocycles. The maximum atomic E-state index is 5.81. The molecule has 2 aromatic heterocycles. The molecule has 6 heteroatoms. The zero-order valence-electron chi connectivity index (χ0n) is 15.0. The number of aryl methyl sites for hydroxylation is 3. The van der Waals surface area contributed by atoms with Crippen LogP contribution in [-0.2, 0) is 17.6 Å². The van der Waals surface area contributed by atoms with Gasteiger partial charge in [0.15, 0.2) is 0 Å². The summed E-state index contributed by atoms with van der Waals surface area (Å²) < 4.78 is 5.81. The van der Waals surface area contributed by atoms with Gasteiger partial charge in [-0.2, -0.15) is 0 Å². The van der Waals surface area contributed by atoms with Crippen molar-refractivity contribution in [2.24, 2.45) is 0 Å². The lowest BCUT2D eigenvalue weighted by atomic mass is 10.1. The van der Waals surface area contributed by atoms with Gasteiger partial charge < -0.3 is 9.64 Å². The van der Waals surface area contributed by atoms with E-state index in [2.05, 4.69) is 9.80 Å². The maximum Gasteiger partial charge on any atom is 0.141 e. The van der Waals surface area contributed by atoms with Crippen LogP contribution < -0.4 is 4.90 Å². The molecular formula is C19H26N4OS. The van der Waals surface area contributed by atoms with Crippen LogP contribution in [0.25, 0.3) is 10.2 Å². The number of ether oxygens (including phenoxy) is 1. The molecule has 25 heavy (non-hydrogen) atoms. The van der Waals surface area contributed by atoms with Crippen LogP contribution in [0, 0.1) is 6.92 Å². The van der Waals surface area contributed by atoms with Crippen molar-refractivity contribution >= 4 is 27.4 Å². The van der Waals surface area contributed by atoms with Crippen molar-refractivity contribution in [1.29, 1.82) is 0 Å². The number of hydrogen-bond donors (Lipinski definition) is 0. The molecule has 0 N–H and O–H groups in total. The summed E-state index contributed by atoms with van der Waals surface area (Å²) in [6.07, 6.45) is 6.64. The fourth-order valence-electron chi connectivity index (χ4n) is 4.53. The molecule has 4 heterocycles. The number of aromatic nitrogens is 2. The van der Waals surface area contributed by atoms with Gasteiger partial charge >= 0.3 is 0 Å². The Balaban J connectivity index is 1.37. The van der Waals surface area contributed by atoms with Gasteiger partial charge in [0.1, 0.15) is 16.5 Å². The maximum absolute atomic E-state index is 5.81. The summed E-state index contributed by atoms with van der Waals surface area (Å²) in [6.45, 7) is 8.41. The molecule has 1 atom stereocenters. The third-order valence-electron chi connectivity index (χ3n) is 5.82. The highest BCUT2D eigenvalue weighted by Gasteiger charge is 2.27. The van der Waals surface area contributed by atoms with Crippen molar-refractivity contribution < 1.29 is 4.74 Å². The van der Waals surface area contributed by atoms with Crippen LogP contribution in [0.15, 0.2) is 0 Å². The lowest BCUT2D eigenvalue weighted by Gasteiger charge is -2.36. The van der Waals surface area contributed by atoms with E-state index in [1.165, 1.54) is 53.7 Å². The second-order valence-electron chi connectivity index (χ2n) is 7.55. The predicted octanol–water partition coefficient (Wildman–Crippen LogP) is 2.79. The van der Waals surface area contributed by atoms with E-state index in [9.17, 15) is 0 Å². The Morgan fingerprint density at radius 3 is 2.80 bits per heavy atom. The highest BCUT2D eigenvalue weighted by molar-refractivity contribution is 7.19. The largest absolute Gasteiger partial charge is 0.377 e. The summed E-state index contributed by atoms with van der Waals surface area (Å²) in [7, 11) is 0. The van der Waals surface area contributed by atoms with E-state index in [4.69, 9.17) is 14.7 Å². The van der Waals surface area contributed by atoms with E-state index in [1.807, 2.05) is 18.3 Å². The first-order chi connectivity index (χ1) is 12.3. The van der Waals surface area contributed by atoms with Crippen molar-refractivity contribution in [3.8, 4) is 0 Å². The quantitative estimate of drug-likeness (QED) is 0.844. The van der Waals surface area contributed by atoms with Crippen LogP contribution in [0.4, 0.5) is 5.82 Å². The van der Waals surface area contributed by atoms with Crippen LogP contribution in [0.1, 0.15) is 35.5 Å². The van der Waals surface area contributed by atoms with E-state index in [0.29, 0.717) is 6.10 Å². The van der Waals surface area contributed by atoms with Crippen molar-refractivity contribution in [2.45, 2.75) is 45.1 Å². The lowest BCUT2D eigenvalue weighted by molar-refractivity contribution is 0.0712. The van der Waals surface area contributed by atoms with Gasteiger partial charge in [-0.15, -0.1) is 11.3 Å². The number of rotatable bonds is 3. The summed E-state index contributed by atoms with van der Waals surface area (Å²) in [5.74, 6) is 2.10. The van der Waals surface area contributed by atoms with Crippen LogP contribution in [0.5, 0.6) is 0 Å². The lowest BCUT2D eigenvalue weighted by Crippen LogP contribution is -2.48. The number of anilines is 1. The van der Waals surface area contributed by atoms with E-state index >= 15 is 0 Å². The minimum atomic E-state index is 0.458. The van der Waals surface area contributed by atoms with Gasteiger partial charge in [0, 0.05) is 44.2 Å². The second kappa shape index (κ2) is 6.49. The van der Waals surface area contributed by atoms with E-state index in [0.717, 1.165) is 45.2 Å². The molecule has 0 radical (unpaired) electrons. The summed E-state index contributed by atoms with van der Waals surface area (Å²) in [5.41, 5.74) is 1.54. The van der Waals surface area contributed by atoms with Crippen molar-refractivity contribution in [1.82, 2.24) is 14.9 Å². The zero-order valence-corrected chi connectivity index (χ0v) is 15.8. The second-order valence-corrected chi connectivity index (χ2v) is 8.64. The Morgan fingerprint density at radius 2 is 2.00 bits per heavy atom. The topological polar surface area (TPSA) is 41.5 Å². The van der Waals surface area contributed by atoms with Gasteiger partial charge in [0.25, 0.3) is 0 Å². The Hall–Kier alpha value is -1.24.